The van der Waals surface area contributed by atoms with E-state index in [0.29, 0.717) is 22.4 Å². The van der Waals surface area contributed by atoms with Crippen molar-refractivity contribution in [2.75, 3.05) is 13.2 Å². The van der Waals surface area contributed by atoms with Gasteiger partial charge in [-0.3, -0.25) is 9.69 Å². The summed E-state index contributed by atoms with van der Waals surface area (Å²) in [6.07, 6.45) is 2.54. The minimum absolute atomic E-state index is 0.0863. The number of carboxylic acids is 1. The van der Waals surface area contributed by atoms with Crippen LogP contribution in [0.15, 0.2) is 94.8 Å². The number of amides is 1. The van der Waals surface area contributed by atoms with Gasteiger partial charge in [0.2, 0.25) is 0 Å². The zero-order valence-corrected chi connectivity index (χ0v) is 18.6. The maximum atomic E-state index is 13.2. The normalized spacial score (nSPS) is 15.9. The van der Waals surface area contributed by atoms with E-state index in [2.05, 4.69) is 0 Å². The van der Waals surface area contributed by atoms with Gasteiger partial charge >= 0.3 is 5.97 Å². The largest absolute Gasteiger partial charge is 0.482 e. The Hall–Kier alpha value is -3.84. The average Bonchev–Trinajstić information content (AvgIpc) is 3.12. The molecule has 1 amide bonds. The van der Waals surface area contributed by atoms with E-state index in [9.17, 15) is 9.59 Å². The number of carbonyl (C=O) groups excluding carboxylic acids is 1. The van der Waals surface area contributed by atoms with Gasteiger partial charge in [0.1, 0.15) is 5.75 Å². The number of para-hydroxylation sites is 1. The molecule has 7 heteroatoms. The fourth-order valence-corrected chi connectivity index (χ4v) is 4.27. The number of aliphatic carboxylic acids is 1. The van der Waals surface area contributed by atoms with Gasteiger partial charge in [-0.1, -0.05) is 60.7 Å². The van der Waals surface area contributed by atoms with Crippen LogP contribution in [0.3, 0.4) is 0 Å². The molecule has 0 radical (unpaired) electrons. The molecule has 1 aliphatic heterocycles. The number of carboxylic acid groups (broad SMARTS) is 1. The molecule has 1 saturated heterocycles. The molecule has 0 aliphatic carbocycles. The molecule has 1 heterocycles. The minimum Gasteiger partial charge on any atom is -0.482 e. The van der Waals surface area contributed by atoms with Crippen molar-refractivity contribution < 1.29 is 19.4 Å². The standard InChI is InChI=1S/C26H22N2O4S/c29-24(30)18-32-22-13-11-20(12-14-22)17-23-25(31)28(16-15-19-7-3-1-4-8-19)26(33-23)27-21-9-5-2-6-10-21/h1-14,17H,15-16,18H2,(H,29,30)/b23-17+,27-26?. The van der Waals surface area contributed by atoms with E-state index in [1.54, 1.807) is 29.2 Å². The summed E-state index contributed by atoms with van der Waals surface area (Å²) in [6.45, 7) is 0.130. The van der Waals surface area contributed by atoms with E-state index in [1.807, 2.05) is 66.7 Å². The Morgan fingerprint density at radius 3 is 2.30 bits per heavy atom. The zero-order chi connectivity index (χ0) is 23.0. The van der Waals surface area contributed by atoms with Crippen LogP contribution in [0.4, 0.5) is 5.69 Å². The summed E-state index contributed by atoms with van der Waals surface area (Å²) < 4.78 is 5.17. The number of hydrogen-bond acceptors (Lipinski definition) is 5. The smallest absolute Gasteiger partial charge is 0.341 e. The molecule has 0 unspecified atom stereocenters. The lowest BCUT2D eigenvalue weighted by Gasteiger charge is -2.15. The van der Waals surface area contributed by atoms with Gasteiger partial charge in [0.25, 0.3) is 5.91 Å². The molecule has 0 bridgehead atoms. The number of rotatable bonds is 8. The van der Waals surface area contributed by atoms with Crippen LogP contribution >= 0.6 is 11.8 Å². The molecule has 0 saturated carbocycles. The quantitative estimate of drug-likeness (QED) is 0.481. The Labute approximate surface area is 196 Å². The number of thioether (sulfide) groups is 1. The van der Waals surface area contributed by atoms with Crippen LogP contribution in [0.5, 0.6) is 5.75 Å². The van der Waals surface area contributed by atoms with Crippen molar-refractivity contribution in [3.63, 3.8) is 0 Å². The molecule has 4 rings (SSSR count). The van der Waals surface area contributed by atoms with Crippen LogP contribution in [-0.4, -0.2) is 40.2 Å². The number of amidine groups is 1. The highest BCUT2D eigenvalue weighted by molar-refractivity contribution is 8.18. The first-order valence-electron chi connectivity index (χ1n) is 10.4. The van der Waals surface area contributed by atoms with Gasteiger partial charge in [-0.05, 0) is 59.7 Å². The third-order valence-electron chi connectivity index (χ3n) is 4.88. The number of carbonyl (C=O) groups is 2. The first-order chi connectivity index (χ1) is 16.1. The maximum Gasteiger partial charge on any atom is 0.341 e. The number of nitrogens with zero attached hydrogens (tertiary/aromatic N) is 2. The zero-order valence-electron chi connectivity index (χ0n) is 17.8. The fraction of sp³-hybridized carbons (Fsp3) is 0.115. The van der Waals surface area contributed by atoms with Crippen molar-refractivity contribution in [2.24, 2.45) is 4.99 Å². The summed E-state index contributed by atoms with van der Waals surface area (Å²) in [4.78, 5) is 30.9. The Kier molecular flexibility index (Phi) is 7.22. The monoisotopic (exact) mass is 458 g/mol. The van der Waals surface area contributed by atoms with E-state index in [0.717, 1.165) is 23.2 Å². The number of hydrogen-bond donors (Lipinski definition) is 1. The SMILES string of the molecule is O=C(O)COc1ccc(/C=C2/SC(=Nc3ccccc3)N(CCc3ccccc3)C2=O)cc1. The molecule has 0 atom stereocenters. The lowest BCUT2D eigenvalue weighted by molar-refractivity contribution is -0.139. The summed E-state index contributed by atoms with van der Waals surface area (Å²) in [5.74, 6) is -0.660. The first-order valence-corrected chi connectivity index (χ1v) is 11.2. The van der Waals surface area contributed by atoms with Crippen LogP contribution in [0.25, 0.3) is 6.08 Å². The second-order valence-electron chi connectivity index (χ2n) is 7.28. The third-order valence-corrected chi connectivity index (χ3v) is 5.88. The molecule has 3 aromatic carbocycles. The minimum atomic E-state index is -1.03. The van der Waals surface area contributed by atoms with Crippen molar-refractivity contribution in [1.82, 2.24) is 4.90 Å². The second-order valence-corrected chi connectivity index (χ2v) is 8.29. The van der Waals surface area contributed by atoms with E-state index in [4.69, 9.17) is 14.8 Å². The van der Waals surface area contributed by atoms with Crippen LogP contribution in [0, 0.1) is 0 Å². The predicted molar refractivity (Wildman–Crippen MR) is 131 cm³/mol. The Morgan fingerprint density at radius 2 is 1.64 bits per heavy atom. The maximum absolute atomic E-state index is 13.2. The molecule has 1 aliphatic rings. The van der Waals surface area contributed by atoms with Gasteiger partial charge in [0, 0.05) is 6.54 Å². The average molecular weight is 459 g/mol. The van der Waals surface area contributed by atoms with Gasteiger partial charge in [-0.25, -0.2) is 9.79 Å². The number of benzene rings is 3. The topological polar surface area (TPSA) is 79.2 Å². The van der Waals surface area contributed by atoms with E-state index in [1.165, 1.54) is 11.8 Å². The van der Waals surface area contributed by atoms with E-state index >= 15 is 0 Å². The Bertz CT molecular complexity index is 1180. The van der Waals surface area contributed by atoms with Crippen molar-refractivity contribution in [2.45, 2.75) is 6.42 Å². The highest BCUT2D eigenvalue weighted by Crippen LogP contribution is 2.34. The summed E-state index contributed by atoms with van der Waals surface area (Å²) in [5, 5.41) is 9.38. The lowest BCUT2D eigenvalue weighted by Crippen LogP contribution is -2.31. The second kappa shape index (κ2) is 10.7. The summed E-state index contributed by atoms with van der Waals surface area (Å²) in [6, 6.07) is 26.6. The molecule has 0 aromatic heterocycles. The van der Waals surface area contributed by atoms with Gasteiger partial charge in [0.05, 0.1) is 10.6 Å². The van der Waals surface area contributed by atoms with Gasteiger partial charge in [-0.2, -0.15) is 0 Å². The molecule has 0 spiro atoms. The van der Waals surface area contributed by atoms with Crippen LogP contribution in [-0.2, 0) is 16.0 Å². The van der Waals surface area contributed by atoms with Crippen LogP contribution in [0.1, 0.15) is 11.1 Å². The van der Waals surface area contributed by atoms with E-state index < -0.39 is 12.6 Å². The molecule has 166 valence electrons. The van der Waals surface area contributed by atoms with Gasteiger partial charge < -0.3 is 9.84 Å². The van der Waals surface area contributed by atoms with E-state index in [-0.39, 0.29) is 5.91 Å². The molecular weight excluding hydrogens is 436 g/mol. The third kappa shape index (κ3) is 6.11. The van der Waals surface area contributed by atoms with Crippen molar-refractivity contribution in [3.8, 4) is 5.75 Å². The Morgan fingerprint density at radius 1 is 0.970 bits per heavy atom. The molecular formula is C26H22N2O4S. The Balaban J connectivity index is 1.55. The number of aliphatic imine (C=N–C) groups is 1. The summed E-state index contributed by atoms with van der Waals surface area (Å²) in [5.41, 5.74) is 2.76. The number of ether oxygens (including phenoxy) is 1. The van der Waals surface area contributed by atoms with Crippen molar-refractivity contribution in [3.05, 3.63) is 101 Å². The van der Waals surface area contributed by atoms with Gasteiger partial charge in [-0.15, -0.1) is 0 Å². The first kappa shape index (κ1) is 22.4. The van der Waals surface area contributed by atoms with Crippen molar-refractivity contribution in [1.29, 1.82) is 0 Å². The fourth-order valence-electron chi connectivity index (χ4n) is 3.24. The predicted octanol–water partition coefficient (Wildman–Crippen LogP) is 5.00. The van der Waals surface area contributed by atoms with Gasteiger partial charge in [0.15, 0.2) is 11.8 Å². The van der Waals surface area contributed by atoms with Crippen LogP contribution in [0.2, 0.25) is 0 Å². The molecule has 33 heavy (non-hydrogen) atoms. The lowest BCUT2D eigenvalue weighted by atomic mass is 10.1. The highest BCUT2D eigenvalue weighted by Gasteiger charge is 2.33. The molecule has 1 N–H and O–H groups in total. The molecule has 1 fully saturated rings. The molecule has 3 aromatic rings. The summed E-state index contributed by atoms with van der Waals surface area (Å²) >= 11 is 1.35. The summed E-state index contributed by atoms with van der Waals surface area (Å²) in [7, 11) is 0. The highest BCUT2D eigenvalue weighted by atomic mass is 32.2. The van der Waals surface area contributed by atoms with Crippen molar-refractivity contribution >= 4 is 40.6 Å². The van der Waals surface area contributed by atoms with Crippen LogP contribution < -0.4 is 4.74 Å². The molecule has 6 nitrogen and oxygen atoms in total.